The van der Waals surface area contributed by atoms with E-state index in [4.69, 9.17) is 37.1 Å². The first kappa shape index (κ1) is 25.5. The molecule has 0 aliphatic carbocycles. The lowest BCUT2D eigenvalue weighted by Crippen LogP contribution is -2.29. The average Bonchev–Trinajstić information content (AvgIpc) is 3.39. The number of hydrogen-bond acceptors (Lipinski definition) is 7. The van der Waals surface area contributed by atoms with Gasteiger partial charge in [-0.3, -0.25) is 14.5 Å². The number of anilines is 2. The molecule has 1 aliphatic heterocycles. The van der Waals surface area contributed by atoms with Crippen molar-refractivity contribution in [3.05, 3.63) is 75.2 Å². The Bertz CT molecular complexity index is 1380. The molecule has 3 aromatic rings. The fourth-order valence-corrected chi connectivity index (χ4v) is 4.86. The highest BCUT2D eigenvalue weighted by Crippen LogP contribution is 2.48. The molecular formula is C26H24Cl2N2O6. The van der Waals surface area contributed by atoms with E-state index in [1.807, 2.05) is 31.1 Å². The Morgan fingerprint density at radius 2 is 1.67 bits per heavy atom. The van der Waals surface area contributed by atoms with Crippen LogP contribution in [0.2, 0.25) is 10.0 Å². The zero-order valence-electron chi connectivity index (χ0n) is 20.3. The second-order valence-electron chi connectivity index (χ2n) is 8.31. The van der Waals surface area contributed by atoms with E-state index in [1.165, 1.54) is 25.2 Å². The van der Waals surface area contributed by atoms with Crippen molar-refractivity contribution in [2.75, 3.05) is 38.1 Å². The molecule has 2 heterocycles. The van der Waals surface area contributed by atoms with Gasteiger partial charge in [0.15, 0.2) is 11.5 Å². The normalized spacial score (nSPS) is 17.0. The maximum Gasteiger partial charge on any atom is 0.300 e. The number of ether oxygens (including phenoxy) is 2. The van der Waals surface area contributed by atoms with Gasteiger partial charge in [0.2, 0.25) is 0 Å². The van der Waals surface area contributed by atoms with Crippen molar-refractivity contribution in [1.29, 1.82) is 0 Å². The minimum Gasteiger partial charge on any atom is -0.507 e. The van der Waals surface area contributed by atoms with Crippen molar-refractivity contribution in [2.24, 2.45) is 0 Å². The topological polar surface area (TPSA) is 92.5 Å². The lowest BCUT2D eigenvalue weighted by atomic mass is 9.98. The van der Waals surface area contributed by atoms with Crippen LogP contribution in [0, 0.1) is 6.92 Å². The van der Waals surface area contributed by atoms with Crippen molar-refractivity contribution in [1.82, 2.24) is 0 Å². The van der Waals surface area contributed by atoms with Crippen LogP contribution in [0.4, 0.5) is 11.4 Å². The predicted molar refractivity (Wildman–Crippen MR) is 139 cm³/mol. The van der Waals surface area contributed by atoms with Crippen LogP contribution in [0.15, 0.2) is 52.5 Å². The summed E-state index contributed by atoms with van der Waals surface area (Å²) in [6.45, 7) is 1.74. The second kappa shape index (κ2) is 9.79. The fourth-order valence-electron chi connectivity index (χ4n) is 4.17. The van der Waals surface area contributed by atoms with Gasteiger partial charge in [-0.2, -0.15) is 0 Å². The minimum atomic E-state index is -1.05. The van der Waals surface area contributed by atoms with Gasteiger partial charge in [0.05, 0.1) is 30.4 Å². The zero-order chi connectivity index (χ0) is 26.3. The largest absolute Gasteiger partial charge is 0.507 e. The van der Waals surface area contributed by atoms with E-state index in [0.29, 0.717) is 17.2 Å². The van der Waals surface area contributed by atoms with Gasteiger partial charge in [-0.05, 0) is 49.4 Å². The number of aryl methyl sites for hydroxylation is 1. The Hall–Kier alpha value is -3.62. The summed E-state index contributed by atoms with van der Waals surface area (Å²) in [6.07, 6.45) is 0. The third kappa shape index (κ3) is 4.16. The third-order valence-electron chi connectivity index (χ3n) is 5.91. The van der Waals surface area contributed by atoms with Crippen molar-refractivity contribution < 1.29 is 28.6 Å². The monoisotopic (exact) mass is 530 g/mol. The number of methoxy groups -OCH3 is 2. The van der Waals surface area contributed by atoms with Crippen LogP contribution in [0.5, 0.6) is 11.5 Å². The summed E-state index contributed by atoms with van der Waals surface area (Å²) in [5.74, 6) is -1.17. The number of carbonyl (C=O) groups is 2. The summed E-state index contributed by atoms with van der Waals surface area (Å²) in [5, 5.41) is 11.5. The number of Topliss-reactive ketones (excluding diaryl/α,β-unsaturated/α-hetero) is 1. The second-order valence-corrected chi connectivity index (χ2v) is 9.10. The van der Waals surface area contributed by atoms with Crippen molar-refractivity contribution >= 4 is 52.0 Å². The molecule has 0 saturated carbocycles. The first-order valence-corrected chi connectivity index (χ1v) is 11.6. The van der Waals surface area contributed by atoms with Crippen molar-refractivity contribution in [2.45, 2.75) is 13.0 Å². The van der Waals surface area contributed by atoms with Gasteiger partial charge >= 0.3 is 0 Å². The van der Waals surface area contributed by atoms with E-state index in [1.54, 1.807) is 31.2 Å². The highest BCUT2D eigenvalue weighted by atomic mass is 35.5. The van der Waals surface area contributed by atoms with Crippen LogP contribution in [0.3, 0.4) is 0 Å². The lowest BCUT2D eigenvalue weighted by molar-refractivity contribution is -0.132. The number of amides is 1. The van der Waals surface area contributed by atoms with E-state index < -0.39 is 23.5 Å². The number of aliphatic hydroxyl groups excluding tert-OH is 1. The Morgan fingerprint density at radius 3 is 2.19 bits per heavy atom. The highest BCUT2D eigenvalue weighted by Gasteiger charge is 2.48. The molecule has 1 fully saturated rings. The molecule has 4 rings (SSSR count). The van der Waals surface area contributed by atoms with Gasteiger partial charge in [-0.15, -0.1) is 0 Å². The molecule has 1 unspecified atom stereocenters. The first-order chi connectivity index (χ1) is 17.1. The van der Waals surface area contributed by atoms with Gasteiger partial charge in [0.1, 0.15) is 28.3 Å². The van der Waals surface area contributed by atoms with E-state index in [0.717, 1.165) is 5.69 Å². The maximum atomic E-state index is 13.4. The zero-order valence-corrected chi connectivity index (χ0v) is 21.8. The van der Waals surface area contributed by atoms with Crippen molar-refractivity contribution in [3.8, 4) is 11.5 Å². The predicted octanol–water partition coefficient (Wildman–Crippen LogP) is 5.60. The van der Waals surface area contributed by atoms with Gasteiger partial charge in [-0.25, -0.2) is 0 Å². The standard InChI is InChI=1S/C26H24Cl2N2O6/c1-13-6-11-18(36-13)21-19(22(31)16-12-17(27)25(35-5)20(28)24(16)34-4)23(32)26(33)30(21)15-9-7-14(8-10-15)29(2)3/h6-12,21,31H,1-5H3/b22-19+. The van der Waals surface area contributed by atoms with E-state index in [9.17, 15) is 14.7 Å². The van der Waals surface area contributed by atoms with E-state index >= 15 is 0 Å². The smallest absolute Gasteiger partial charge is 0.300 e. The number of ketones is 1. The van der Waals surface area contributed by atoms with Crippen LogP contribution >= 0.6 is 23.2 Å². The van der Waals surface area contributed by atoms with Crippen LogP contribution in [0.25, 0.3) is 5.76 Å². The number of hydrogen-bond donors (Lipinski definition) is 1. The highest BCUT2D eigenvalue weighted by molar-refractivity contribution is 6.51. The number of benzene rings is 2. The van der Waals surface area contributed by atoms with E-state index in [2.05, 4.69) is 0 Å². The van der Waals surface area contributed by atoms with E-state index in [-0.39, 0.29) is 32.7 Å². The SMILES string of the molecule is COc1c(Cl)cc(/C(O)=C2\C(=O)C(=O)N(c3ccc(N(C)C)cc3)C2c2ccc(C)o2)c(OC)c1Cl. The van der Waals surface area contributed by atoms with Crippen molar-refractivity contribution in [3.63, 3.8) is 0 Å². The number of furan rings is 1. The summed E-state index contributed by atoms with van der Waals surface area (Å²) >= 11 is 12.7. The van der Waals surface area contributed by atoms with Gasteiger partial charge in [0.25, 0.3) is 11.7 Å². The lowest BCUT2D eigenvalue weighted by Gasteiger charge is -2.24. The number of rotatable bonds is 6. The molecule has 36 heavy (non-hydrogen) atoms. The first-order valence-electron chi connectivity index (χ1n) is 10.9. The van der Waals surface area contributed by atoms with Gasteiger partial charge in [-0.1, -0.05) is 23.2 Å². The number of aliphatic hydroxyl groups is 1. The molecule has 188 valence electrons. The molecule has 1 aromatic heterocycles. The molecular weight excluding hydrogens is 507 g/mol. The Balaban J connectivity index is 1.97. The van der Waals surface area contributed by atoms with Gasteiger partial charge in [0, 0.05) is 25.5 Å². The molecule has 1 atom stereocenters. The van der Waals surface area contributed by atoms with Crippen LogP contribution in [-0.2, 0) is 9.59 Å². The molecule has 8 nitrogen and oxygen atoms in total. The number of carbonyl (C=O) groups excluding carboxylic acids is 2. The summed E-state index contributed by atoms with van der Waals surface area (Å²) in [6, 6.07) is 10.8. The Morgan fingerprint density at radius 1 is 1.03 bits per heavy atom. The Kier molecular flexibility index (Phi) is 6.93. The van der Waals surface area contributed by atoms with Gasteiger partial charge < -0.3 is 23.9 Å². The summed E-state index contributed by atoms with van der Waals surface area (Å²) < 4.78 is 16.5. The molecule has 1 N–H and O–H groups in total. The molecule has 1 amide bonds. The molecule has 10 heteroatoms. The quantitative estimate of drug-likeness (QED) is 0.251. The molecule has 1 saturated heterocycles. The van der Waals surface area contributed by atoms with Crippen LogP contribution < -0.4 is 19.3 Å². The molecule has 0 spiro atoms. The molecule has 0 radical (unpaired) electrons. The van der Waals surface area contributed by atoms with Crippen LogP contribution in [-0.4, -0.2) is 45.1 Å². The summed E-state index contributed by atoms with van der Waals surface area (Å²) in [4.78, 5) is 29.9. The Labute approximate surface area is 218 Å². The third-order valence-corrected chi connectivity index (χ3v) is 6.54. The number of halogens is 2. The molecule has 0 bridgehead atoms. The molecule has 2 aromatic carbocycles. The van der Waals surface area contributed by atoms with Crippen LogP contribution in [0.1, 0.15) is 23.1 Å². The maximum absolute atomic E-state index is 13.4. The summed E-state index contributed by atoms with van der Waals surface area (Å²) in [5.41, 5.74) is 1.20. The summed E-state index contributed by atoms with van der Waals surface area (Å²) in [7, 11) is 6.53. The molecule has 1 aliphatic rings. The number of nitrogens with zero attached hydrogens (tertiary/aromatic N) is 2. The fraction of sp³-hybridized carbons (Fsp3) is 0.231. The minimum absolute atomic E-state index is 0.00736. The average molecular weight is 531 g/mol.